The Morgan fingerprint density at radius 2 is 1.67 bits per heavy atom. The maximum absolute atomic E-state index is 6.13. The van der Waals surface area contributed by atoms with Crippen LogP contribution in [-0.4, -0.2) is 29.8 Å². The lowest BCUT2D eigenvalue weighted by molar-refractivity contribution is 0.00578. The van der Waals surface area contributed by atoms with E-state index in [4.69, 9.17) is 9.31 Å². The van der Waals surface area contributed by atoms with Gasteiger partial charge in [0.1, 0.15) is 0 Å². The smallest absolute Gasteiger partial charge is 0.400 e. The van der Waals surface area contributed by atoms with E-state index in [1.165, 1.54) is 11.0 Å². The van der Waals surface area contributed by atoms with E-state index >= 15 is 0 Å². The first-order valence-electron chi connectivity index (χ1n) is 7.72. The van der Waals surface area contributed by atoms with Crippen molar-refractivity contribution in [3.8, 4) is 0 Å². The highest BCUT2D eigenvalue weighted by Gasteiger charge is 2.52. The van der Waals surface area contributed by atoms with E-state index < -0.39 is 0 Å². The van der Waals surface area contributed by atoms with Gasteiger partial charge in [-0.25, -0.2) is 0 Å². The third kappa shape index (κ3) is 2.88. The van der Waals surface area contributed by atoms with Gasteiger partial charge in [0.2, 0.25) is 0 Å². The zero-order valence-electron chi connectivity index (χ0n) is 13.4. The predicted octanol–water partition coefficient (Wildman–Crippen LogP) is 3.41. The van der Waals surface area contributed by atoms with Crippen molar-refractivity contribution in [1.82, 2.24) is 4.90 Å². The molecule has 2 aliphatic heterocycles. The van der Waals surface area contributed by atoms with E-state index in [0.29, 0.717) is 0 Å². The second kappa shape index (κ2) is 5.18. The summed E-state index contributed by atoms with van der Waals surface area (Å²) in [5, 5.41) is 0. The van der Waals surface area contributed by atoms with Crippen LogP contribution in [0.25, 0.3) is 0 Å². The molecular formula is C17H24BNO2. The molecule has 0 aliphatic carbocycles. The van der Waals surface area contributed by atoms with E-state index in [1.807, 2.05) is 0 Å². The van der Waals surface area contributed by atoms with Crippen LogP contribution in [0.3, 0.4) is 0 Å². The first-order valence-corrected chi connectivity index (χ1v) is 7.72. The van der Waals surface area contributed by atoms with E-state index in [9.17, 15) is 0 Å². The molecule has 0 aromatic heterocycles. The van der Waals surface area contributed by atoms with Crippen LogP contribution in [0.4, 0.5) is 0 Å². The van der Waals surface area contributed by atoms with Crippen LogP contribution in [0.1, 0.15) is 39.7 Å². The van der Waals surface area contributed by atoms with E-state index in [-0.39, 0.29) is 18.3 Å². The summed E-state index contributed by atoms with van der Waals surface area (Å²) in [5.41, 5.74) is 2.07. The molecule has 3 nitrogen and oxygen atoms in total. The maximum Gasteiger partial charge on any atom is 0.492 e. The van der Waals surface area contributed by atoms with Crippen molar-refractivity contribution in [3.05, 3.63) is 47.6 Å². The summed E-state index contributed by atoms with van der Waals surface area (Å²) in [5.74, 6) is 0. The third-order valence-corrected chi connectivity index (χ3v) is 4.82. The molecule has 0 atom stereocenters. The predicted molar refractivity (Wildman–Crippen MR) is 85.6 cm³/mol. The normalized spacial score (nSPS) is 23.5. The van der Waals surface area contributed by atoms with Gasteiger partial charge in [0.15, 0.2) is 0 Å². The van der Waals surface area contributed by atoms with Crippen LogP contribution in [-0.2, 0) is 15.9 Å². The molecule has 2 aliphatic rings. The number of nitrogens with zero attached hydrogens (tertiary/aromatic N) is 1. The summed E-state index contributed by atoms with van der Waals surface area (Å²) >= 11 is 0. The van der Waals surface area contributed by atoms with Crippen LogP contribution in [0.5, 0.6) is 0 Å². The van der Waals surface area contributed by atoms with Gasteiger partial charge in [0.05, 0.1) is 11.2 Å². The molecule has 4 heteroatoms. The van der Waals surface area contributed by atoms with Gasteiger partial charge in [-0.15, -0.1) is 0 Å². The summed E-state index contributed by atoms with van der Waals surface area (Å²) in [4.78, 5) is 2.34. The molecule has 3 rings (SSSR count). The van der Waals surface area contributed by atoms with Crippen molar-refractivity contribution in [2.75, 3.05) is 6.54 Å². The van der Waals surface area contributed by atoms with Crippen LogP contribution in [0, 0.1) is 0 Å². The van der Waals surface area contributed by atoms with E-state index in [0.717, 1.165) is 19.5 Å². The molecule has 0 unspecified atom stereocenters. The van der Waals surface area contributed by atoms with Gasteiger partial charge in [0, 0.05) is 13.1 Å². The molecule has 0 bridgehead atoms. The summed E-state index contributed by atoms with van der Waals surface area (Å²) in [7, 11) is -0.198. The Kier molecular flexibility index (Phi) is 3.62. The van der Waals surface area contributed by atoms with Crippen molar-refractivity contribution in [2.24, 2.45) is 0 Å². The van der Waals surface area contributed by atoms with Crippen LogP contribution in [0.2, 0.25) is 0 Å². The number of hydrogen-bond donors (Lipinski definition) is 0. The number of rotatable bonds is 3. The SMILES string of the molecule is CC1(C)OB(C2=CN(Cc3ccccc3)CC2)OC1(C)C. The van der Waals surface area contributed by atoms with Crippen molar-refractivity contribution in [3.63, 3.8) is 0 Å². The molecular weight excluding hydrogens is 261 g/mol. The fourth-order valence-corrected chi connectivity index (χ4v) is 2.75. The first-order chi connectivity index (χ1) is 9.87. The Hall–Kier alpha value is -1.26. The van der Waals surface area contributed by atoms with Gasteiger partial charge < -0.3 is 14.2 Å². The molecule has 1 aromatic carbocycles. The highest BCUT2D eigenvalue weighted by Crippen LogP contribution is 2.39. The zero-order chi connectivity index (χ0) is 15.1. The van der Waals surface area contributed by atoms with E-state index in [2.05, 4.69) is 69.1 Å². The Bertz CT molecular complexity index is 523. The Balaban J connectivity index is 1.67. The summed E-state index contributed by atoms with van der Waals surface area (Å²) in [6.45, 7) is 10.4. The maximum atomic E-state index is 6.13. The standard InChI is InChI=1S/C17H24BNO2/c1-16(2)17(3,4)21-18(20-16)15-10-11-19(13-15)12-14-8-6-5-7-9-14/h5-9,13H,10-12H2,1-4H3. The zero-order valence-corrected chi connectivity index (χ0v) is 13.4. The minimum Gasteiger partial charge on any atom is -0.400 e. The molecule has 0 saturated carbocycles. The summed E-state index contributed by atoms with van der Waals surface area (Å²) in [6, 6.07) is 10.6. The fraction of sp³-hybridized carbons (Fsp3) is 0.529. The lowest BCUT2D eigenvalue weighted by Gasteiger charge is -2.32. The first kappa shape index (κ1) is 14.7. The third-order valence-electron chi connectivity index (χ3n) is 4.82. The average Bonchev–Trinajstić information content (AvgIpc) is 2.94. The molecule has 0 amide bonds. The Morgan fingerprint density at radius 3 is 2.29 bits per heavy atom. The van der Waals surface area contributed by atoms with Crippen LogP contribution >= 0.6 is 0 Å². The molecule has 0 N–H and O–H groups in total. The van der Waals surface area contributed by atoms with Crippen molar-refractivity contribution in [1.29, 1.82) is 0 Å². The number of hydrogen-bond acceptors (Lipinski definition) is 3. The van der Waals surface area contributed by atoms with Crippen molar-refractivity contribution < 1.29 is 9.31 Å². The van der Waals surface area contributed by atoms with Crippen molar-refractivity contribution >= 4 is 7.12 Å². The Labute approximate surface area is 128 Å². The quantitative estimate of drug-likeness (QED) is 0.794. The summed E-state index contributed by atoms with van der Waals surface area (Å²) in [6.07, 6.45) is 3.23. The van der Waals surface area contributed by atoms with Crippen molar-refractivity contribution in [2.45, 2.75) is 51.9 Å². The highest BCUT2D eigenvalue weighted by molar-refractivity contribution is 6.54. The Morgan fingerprint density at radius 1 is 1.05 bits per heavy atom. The lowest BCUT2D eigenvalue weighted by atomic mass is 9.78. The number of benzene rings is 1. The molecule has 21 heavy (non-hydrogen) atoms. The van der Waals surface area contributed by atoms with Gasteiger partial charge in [-0.05, 0) is 51.4 Å². The second-order valence-corrected chi connectivity index (χ2v) is 7.00. The van der Waals surface area contributed by atoms with Gasteiger partial charge in [-0.3, -0.25) is 0 Å². The lowest BCUT2D eigenvalue weighted by Crippen LogP contribution is -2.41. The minimum atomic E-state index is -0.259. The molecule has 112 valence electrons. The van der Waals surface area contributed by atoms with Gasteiger partial charge in [0.25, 0.3) is 0 Å². The average molecular weight is 285 g/mol. The van der Waals surface area contributed by atoms with Gasteiger partial charge >= 0.3 is 7.12 Å². The minimum absolute atomic E-state index is 0.198. The molecule has 1 fully saturated rings. The van der Waals surface area contributed by atoms with Crippen LogP contribution < -0.4 is 0 Å². The second-order valence-electron chi connectivity index (χ2n) is 7.00. The monoisotopic (exact) mass is 285 g/mol. The topological polar surface area (TPSA) is 21.7 Å². The molecule has 1 aromatic rings. The largest absolute Gasteiger partial charge is 0.492 e. The molecule has 1 saturated heterocycles. The molecule has 0 radical (unpaired) electrons. The summed E-state index contributed by atoms with van der Waals surface area (Å²) < 4.78 is 12.3. The van der Waals surface area contributed by atoms with E-state index in [1.54, 1.807) is 0 Å². The van der Waals surface area contributed by atoms with Gasteiger partial charge in [-0.2, -0.15) is 0 Å². The molecule has 2 heterocycles. The fourth-order valence-electron chi connectivity index (χ4n) is 2.75. The highest BCUT2D eigenvalue weighted by atomic mass is 16.7. The van der Waals surface area contributed by atoms with Gasteiger partial charge in [-0.1, -0.05) is 30.3 Å². The molecule has 0 spiro atoms. The van der Waals surface area contributed by atoms with Crippen LogP contribution in [0.15, 0.2) is 42.0 Å².